The molecule has 1 heterocycles. The second-order valence-electron chi connectivity index (χ2n) is 6.62. The topological polar surface area (TPSA) is 41.9 Å². The van der Waals surface area contributed by atoms with Crippen LogP contribution in [0.4, 0.5) is 10.1 Å². The van der Waals surface area contributed by atoms with Gasteiger partial charge < -0.3 is 19.4 Å². The number of nitrogens with zero attached hydrogens (tertiary/aromatic N) is 1. The lowest BCUT2D eigenvalue weighted by Gasteiger charge is -2.37. The highest BCUT2D eigenvalue weighted by Crippen LogP contribution is 2.24. The van der Waals surface area contributed by atoms with Crippen LogP contribution >= 0.6 is 0 Å². The molecule has 121 valence electrons. The fraction of sp³-hybridized carbons (Fsp3) is 0.625. The van der Waals surface area contributed by atoms with Crippen LogP contribution in [0.1, 0.15) is 27.7 Å². The summed E-state index contributed by atoms with van der Waals surface area (Å²) < 4.78 is 25.2. The summed E-state index contributed by atoms with van der Waals surface area (Å²) in [5, 5.41) is 10.1. The van der Waals surface area contributed by atoms with Crippen LogP contribution < -0.4 is 10.4 Å². The van der Waals surface area contributed by atoms with Crippen LogP contribution in [-0.4, -0.2) is 50.1 Å². The minimum Gasteiger partial charge on any atom is -0.427 e. The van der Waals surface area contributed by atoms with Crippen molar-refractivity contribution in [1.82, 2.24) is 0 Å². The van der Waals surface area contributed by atoms with E-state index >= 15 is 0 Å². The molecule has 6 heteroatoms. The monoisotopic (exact) mass is 308 g/mol. The third-order valence-electron chi connectivity index (χ3n) is 4.29. The first-order chi connectivity index (χ1) is 10.2. The molecule has 0 aliphatic carbocycles. The molecule has 1 fully saturated rings. The summed E-state index contributed by atoms with van der Waals surface area (Å²) in [7, 11) is 1.49. The fourth-order valence-corrected chi connectivity index (χ4v) is 2.02. The average Bonchev–Trinajstić information content (AvgIpc) is 2.45. The molecule has 1 radical (unpaired) electrons. The predicted octanol–water partition coefficient (Wildman–Crippen LogP) is 1.47. The Morgan fingerprint density at radius 2 is 1.86 bits per heavy atom. The molecule has 4 nitrogen and oxygen atoms in total. The van der Waals surface area contributed by atoms with E-state index in [1.165, 1.54) is 13.5 Å². The van der Waals surface area contributed by atoms with Crippen LogP contribution in [0.15, 0.2) is 18.2 Å². The quantitative estimate of drug-likeness (QED) is 0.837. The van der Waals surface area contributed by atoms with Crippen LogP contribution in [0.2, 0.25) is 0 Å². The minimum atomic E-state index is -1.00. The van der Waals surface area contributed by atoms with Gasteiger partial charge in [0.1, 0.15) is 5.82 Å². The molecule has 0 amide bonds. The number of ether oxygens (including phenoxy) is 1. The average molecular weight is 308 g/mol. The smallest absolute Gasteiger partial charge is 0.331 e. The number of aliphatic hydroxyl groups is 1. The van der Waals surface area contributed by atoms with E-state index in [0.29, 0.717) is 37.5 Å². The maximum Gasteiger partial charge on any atom is 0.331 e. The Morgan fingerprint density at radius 1 is 1.23 bits per heavy atom. The van der Waals surface area contributed by atoms with Gasteiger partial charge in [-0.1, -0.05) is 11.5 Å². The fourth-order valence-electron chi connectivity index (χ4n) is 2.02. The van der Waals surface area contributed by atoms with E-state index in [1.807, 2.05) is 11.0 Å². The van der Waals surface area contributed by atoms with Crippen molar-refractivity contribution in [2.24, 2.45) is 0 Å². The van der Waals surface area contributed by atoms with Crippen molar-refractivity contribution in [3.05, 3.63) is 24.0 Å². The molecule has 2 rings (SSSR count). The third-order valence-corrected chi connectivity index (χ3v) is 4.29. The van der Waals surface area contributed by atoms with Gasteiger partial charge in [0.2, 0.25) is 0 Å². The van der Waals surface area contributed by atoms with Gasteiger partial charge in [0.25, 0.3) is 0 Å². The summed E-state index contributed by atoms with van der Waals surface area (Å²) in [6.45, 7) is 9.59. The lowest BCUT2D eigenvalue weighted by atomic mass is 9.82. The van der Waals surface area contributed by atoms with Gasteiger partial charge in [-0.2, -0.15) is 0 Å². The van der Waals surface area contributed by atoms with Crippen molar-refractivity contribution in [3.63, 3.8) is 0 Å². The SMILES string of the molecule is CC(C)(O)C(C)(C)O[B]c1ccc(N2CCOCC2)c(F)c1. The highest BCUT2D eigenvalue weighted by atomic mass is 19.1. The highest BCUT2D eigenvalue weighted by Gasteiger charge is 2.35. The first kappa shape index (κ1) is 17.3. The Kier molecular flexibility index (Phi) is 5.15. The molecule has 0 bridgehead atoms. The number of morpholine rings is 1. The first-order valence-electron chi connectivity index (χ1n) is 7.56. The Hall–Kier alpha value is -1.11. The van der Waals surface area contributed by atoms with Crippen LogP contribution in [0.5, 0.6) is 0 Å². The van der Waals surface area contributed by atoms with Gasteiger partial charge in [0.15, 0.2) is 0 Å². The Balaban J connectivity index is 2.03. The Morgan fingerprint density at radius 3 is 2.41 bits per heavy atom. The summed E-state index contributed by atoms with van der Waals surface area (Å²) in [5.74, 6) is -0.277. The molecule has 1 aliphatic heterocycles. The third kappa shape index (κ3) is 4.00. The molecular weight excluding hydrogens is 284 g/mol. The maximum absolute atomic E-state index is 14.3. The normalized spacial score (nSPS) is 16.7. The van der Waals surface area contributed by atoms with Gasteiger partial charge in [0, 0.05) is 13.1 Å². The largest absolute Gasteiger partial charge is 0.427 e. The Labute approximate surface area is 132 Å². The van der Waals surface area contributed by atoms with Crippen LogP contribution in [-0.2, 0) is 9.39 Å². The zero-order chi connectivity index (χ0) is 16.4. The Bertz CT molecular complexity index is 511. The van der Waals surface area contributed by atoms with Crippen LogP contribution in [0, 0.1) is 5.82 Å². The zero-order valence-electron chi connectivity index (χ0n) is 13.7. The van der Waals surface area contributed by atoms with Crippen molar-refractivity contribution in [2.75, 3.05) is 31.2 Å². The van der Waals surface area contributed by atoms with Crippen LogP contribution in [0.25, 0.3) is 0 Å². The van der Waals surface area contributed by atoms with Crippen molar-refractivity contribution in [2.45, 2.75) is 38.9 Å². The van der Waals surface area contributed by atoms with Crippen molar-refractivity contribution >= 4 is 18.6 Å². The van der Waals surface area contributed by atoms with Crippen molar-refractivity contribution in [3.8, 4) is 0 Å². The summed E-state index contributed by atoms with van der Waals surface area (Å²) in [6.07, 6.45) is 0. The predicted molar refractivity (Wildman–Crippen MR) is 86.3 cm³/mol. The summed E-state index contributed by atoms with van der Waals surface area (Å²) in [6, 6.07) is 5.02. The van der Waals surface area contributed by atoms with Crippen molar-refractivity contribution < 1.29 is 18.9 Å². The van der Waals surface area contributed by atoms with E-state index in [4.69, 9.17) is 9.39 Å². The van der Waals surface area contributed by atoms with Gasteiger partial charge in [-0.15, -0.1) is 0 Å². The molecule has 1 aromatic rings. The zero-order valence-corrected chi connectivity index (χ0v) is 13.7. The summed E-state index contributed by atoms with van der Waals surface area (Å²) in [4.78, 5) is 1.98. The molecule has 1 saturated heterocycles. The molecule has 22 heavy (non-hydrogen) atoms. The molecule has 1 aliphatic rings. The van der Waals surface area contributed by atoms with E-state index in [0.717, 1.165) is 0 Å². The molecule has 1 aromatic carbocycles. The lowest BCUT2D eigenvalue weighted by Crippen LogP contribution is -2.49. The van der Waals surface area contributed by atoms with Crippen LogP contribution in [0.3, 0.4) is 0 Å². The van der Waals surface area contributed by atoms with Gasteiger partial charge >= 0.3 is 7.48 Å². The van der Waals surface area contributed by atoms with Crippen molar-refractivity contribution in [1.29, 1.82) is 0 Å². The number of hydrogen-bond donors (Lipinski definition) is 1. The van der Waals surface area contributed by atoms with Gasteiger partial charge in [-0.05, 0) is 39.8 Å². The second-order valence-corrected chi connectivity index (χ2v) is 6.62. The highest BCUT2D eigenvalue weighted by molar-refractivity contribution is 6.47. The lowest BCUT2D eigenvalue weighted by molar-refractivity contribution is -0.0893. The molecule has 0 unspecified atom stereocenters. The van der Waals surface area contributed by atoms with E-state index in [1.54, 1.807) is 33.8 Å². The number of hydrogen-bond acceptors (Lipinski definition) is 4. The summed E-state index contributed by atoms with van der Waals surface area (Å²) in [5.41, 5.74) is -0.559. The van der Waals surface area contributed by atoms with E-state index in [2.05, 4.69) is 0 Å². The number of rotatable bonds is 5. The second kappa shape index (κ2) is 6.56. The standard InChI is InChI=1S/C16H24BFNO3/c1-15(2,20)16(3,4)22-17-12-5-6-14(13(18)11-12)19-7-9-21-10-8-19/h5-6,11,20H,7-10H2,1-4H3. The summed E-state index contributed by atoms with van der Waals surface area (Å²) >= 11 is 0. The molecule has 0 spiro atoms. The van der Waals surface area contributed by atoms with E-state index < -0.39 is 11.2 Å². The molecule has 1 N–H and O–H groups in total. The van der Waals surface area contributed by atoms with Gasteiger partial charge in [0.05, 0.1) is 30.1 Å². The first-order valence-corrected chi connectivity index (χ1v) is 7.56. The minimum absolute atomic E-state index is 0.277. The number of anilines is 1. The molecule has 0 saturated carbocycles. The maximum atomic E-state index is 14.3. The molecular formula is C16H24BFNO3. The molecule has 0 atom stereocenters. The van der Waals surface area contributed by atoms with E-state index in [9.17, 15) is 9.50 Å². The van der Waals surface area contributed by atoms with E-state index in [-0.39, 0.29) is 5.82 Å². The van der Waals surface area contributed by atoms with Gasteiger partial charge in [-0.3, -0.25) is 0 Å². The van der Waals surface area contributed by atoms with Gasteiger partial charge in [-0.25, -0.2) is 4.39 Å². The molecule has 0 aromatic heterocycles. The number of benzene rings is 1. The number of halogens is 1.